The van der Waals surface area contributed by atoms with Crippen LogP contribution in [0.4, 0.5) is 26.3 Å². The van der Waals surface area contributed by atoms with Gasteiger partial charge in [-0.05, 0) is 11.6 Å². The van der Waals surface area contributed by atoms with Crippen LogP contribution in [0.2, 0.25) is 0 Å². The van der Waals surface area contributed by atoms with E-state index >= 15 is 0 Å². The minimum Gasteiger partial charge on any atom is -0.384 e. The van der Waals surface area contributed by atoms with E-state index in [-0.39, 0.29) is 11.1 Å². The monoisotopic (exact) mass is 312 g/mol. The van der Waals surface area contributed by atoms with Gasteiger partial charge in [-0.1, -0.05) is 30.0 Å². The zero-order valence-corrected chi connectivity index (χ0v) is 10.4. The molecule has 0 aromatic heterocycles. The molecule has 1 aromatic carbocycles. The molecule has 8 heteroatoms. The van der Waals surface area contributed by atoms with E-state index in [4.69, 9.17) is 5.11 Å². The standard InChI is InChI=1S/C13H10F6O2/c14-12(15,16)11(13(17,18)19)21-8-10-5-2-1-4-9(10)6-3-7-20/h1-2,4-5,11,20H,7-8H2. The Morgan fingerprint density at radius 2 is 1.62 bits per heavy atom. The third kappa shape index (κ3) is 5.28. The molecule has 2 nitrogen and oxygen atoms in total. The molecule has 0 fully saturated rings. The summed E-state index contributed by atoms with van der Waals surface area (Å²) in [4.78, 5) is 0. The lowest BCUT2D eigenvalue weighted by Gasteiger charge is -2.23. The third-order valence-corrected chi connectivity index (χ3v) is 2.32. The van der Waals surface area contributed by atoms with Crippen LogP contribution in [0, 0.1) is 11.8 Å². The maximum absolute atomic E-state index is 12.3. The van der Waals surface area contributed by atoms with Crippen molar-refractivity contribution < 1.29 is 36.2 Å². The number of aliphatic hydroxyl groups is 1. The second-order valence-corrected chi connectivity index (χ2v) is 3.89. The van der Waals surface area contributed by atoms with Gasteiger partial charge in [0.25, 0.3) is 0 Å². The zero-order valence-electron chi connectivity index (χ0n) is 10.4. The molecule has 0 aliphatic carbocycles. The summed E-state index contributed by atoms with van der Waals surface area (Å²) in [6, 6.07) is 5.64. The average Bonchev–Trinajstić information content (AvgIpc) is 2.34. The molecule has 21 heavy (non-hydrogen) atoms. The first-order valence-electron chi connectivity index (χ1n) is 5.59. The Hall–Kier alpha value is -1.72. The van der Waals surface area contributed by atoms with Crippen LogP contribution < -0.4 is 0 Å². The Morgan fingerprint density at radius 3 is 2.14 bits per heavy atom. The molecular weight excluding hydrogens is 302 g/mol. The van der Waals surface area contributed by atoms with E-state index in [9.17, 15) is 26.3 Å². The molecule has 0 bridgehead atoms. The van der Waals surface area contributed by atoms with Crippen LogP contribution in [0.25, 0.3) is 0 Å². The number of alkyl halides is 6. The maximum Gasteiger partial charge on any atom is 0.423 e. The van der Waals surface area contributed by atoms with Gasteiger partial charge in [-0.2, -0.15) is 26.3 Å². The molecule has 0 amide bonds. The molecule has 1 rings (SSSR count). The van der Waals surface area contributed by atoms with Crippen molar-refractivity contribution >= 4 is 0 Å². The highest BCUT2D eigenvalue weighted by atomic mass is 19.4. The van der Waals surface area contributed by atoms with Gasteiger partial charge in [0.2, 0.25) is 6.10 Å². The molecule has 0 atom stereocenters. The number of rotatable bonds is 3. The first-order valence-corrected chi connectivity index (χ1v) is 5.59. The molecule has 0 aliphatic heterocycles. The second kappa shape index (κ2) is 6.83. The molecule has 0 unspecified atom stereocenters. The number of hydrogen-bond acceptors (Lipinski definition) is 2. The molecule has 0 aliphatic rings. The minimum absolute atomic E-state index is 0.0666. The second-order valence-electron chi connectivity index (χ2n) is 3.89. The zero-order chi connectivity index (χ0) is 16.1. The van der Waals surface area contributed by atoms with E-state index in [1.807, 2.05) is 0 Å². The van der Waals surface area contributed by atoms with Gasteiger partial charge in [-0.15, -0.1) is 0 Å². The highest BCUT2D eigenvalue weighted by molar-refractivity contribution is 5.41. The van der Waals surface area contributed by atoms with Crippen molar-refractivity contribution in [1.82, 2.24) is 0 Å². The fraction of sp³-hybridized carbons (Fsp3) is 0.385. The van der Waals surface area contributed by atoms with E-state index in [1.165, 1.54) is 24.3 Å². The van der Waals surface area contributed by atoms with Crippen LogP contribution in [0.15, 0.2) is 24.3 Å². The van der Waals surface area contributed by atoms with E-state index < -0.39 is 31.7 Å². The molecule has 1 aromatic rings. The Balaban J connectivity index is 2.92. The van der Waals surface area contributed by atoms with Gasteiger partial charge in [0.1, 0.15) is 6.61 Å². The van der Waals surface area contributed by atoms with Crippen LogP contribution >= 0.6 is 0 Å². The first-order chi connectivity index (χ1) is 9.66. The summed E-state index contributed by atoms with van der Waals surface area (Å²) in [5.74, 6) is 4.68. The number of benzene rings is 1. The highest BCUT2D eigenvalue weighted by Gasteiger charge is 2.57. The quantitative estimate of drug-likeness (QED) is 0.687. The van der Waals surface area contributed by atoms with Crippen LogP contribution in [0.5, 0.6) is 0 Å². The summed E-state index contributed by atoms with van der Waals surface area (Å²) in [5.41, 5.74) is 0.256. The minimum atomic E-state index is -5.55. The van der Waals surface area contributed by atoms with Crippen molar-refractivity contribution in [2.75, 3.05) is 6.61 Å². The normalized spacial score (nSPS) is 12.2. The van der Waals surface area contributed by atoms with Crippen molar-refractivity contribution in [3.63, 3.8) is 0 Å². The summed E-state index contributed by atoms with van der Waals surface area (Å²) in [6.07, 6.45) is -15.0. The summed E-state index contributed by atoms with van der Waals surface area (Å²) < 4.78 is 77.9. The Bertz CT molecular complexity index is 510. The van der Waals surface area contributed by atoms with Gasteiger partial charge in [-0.25, -0.2) is 0 Å². The van der Waals surface area contributed by atoms with Gasteiger partial charge >= 0.3 is 12.4 Å². The van der Waals surface area contributed by atoms with E-state index in [1.54, 1.807) is 0 Å². The largest absolute Gasteiger partial charge is 0.423 e. The number of aliphatic hydroxyl groups excluding tert-OH is 1. The van der Waals surface area contributed by atoms with Gasteiger partial charge in [0.05, 0.1) is 6.61 Å². The third-order valence-electron chi connectivity index (χ3n) is 2.32. The predicted octanol–water partition coefficient (Wildman–Crippen LogP) is 3.04. The fourth-order valence-electron chi connectivity index (χ4n) is 1.45. The van der Waals surface area contributed by atoms with Crippen molar-refractivity contribution in [3.05, 3.63) is 35.4 Å². The number of hydrogen-bond donors (Lipinski definition) is 1. The molecule has 0 heterocycles. The van der Waals surface area contributed by atoms with Crippen molar-refractivity contribution in [2.45, 2.75) is 25.1 Å². The van der Waals surface area contributed by atoms with Gasteiger partial charge in [-0.3, -0.25) is 0 Å². The topological polar surface area (TPSA) is 29.5 Å². The summed E-state index contributed by atoms with van der Waals surface area (Å²) >= 11 is 0. The smallest absolute Gasteiger partial charge is 0.384 e. The molecule has 116 valence electrons. The lowest BCUT2D eigenvalue weighted by molar-refractivity contribution is -0.324. The van der Waals surface area contributed by atoms with E-state index in [0.717, 1.165) is 0 Å². The maximum atomic E-state index is 12.3. The van der Waals surface area contributed by atoms with Gasteiger partial charge in [0, 0.05) is 5.56 Å². The number of halogens is 6. The first kappa shape index (κ1) is 17.3. The number of ether oxygens (including phenoxy) is 1. The Kier molecular flexibility index (Phi) is 5.63. The van der Waals surface area contributed by atoms with Gasteiger partial charge in [0.15, 0.2) is 0 Å². The Labute approximate surface area is 116 Å². The lowest BCUT2D eigenvalue weighted by atomic mass is 10.1. The van der Waals surface area contributed by atoms with Crippen molar-refractivity contribution in [2.24, 2.45) is 0 Å². The van der Waals surface area contributed by atoms with Crippen LogP contribution in [0.3, 0.4) is 0 Å². The summed E-state index contributed by atoms with van der Waals surface area (Å²) in [5, 5.41) is 8.55. The van der Waals surface area contributed by atoms with Gasteiger partial charge < -0.3 is 9.84 Å². The summed E-state index contributed by atoms with van der Waals surface area (Å²) in [6.45, 7) is -1.39. The summed E-state index contributed by atoms with van der Waals surface area (Å²) in [7, 11) is 0. The molecular formula is C13H10F6O2. The van der Waals surface area contributed by atoms with Crippen LogP contribution in [0.1, 0.15) is 11.1 Å². The van der Waals surface area contributed by atoms with Crippen LogP contribution in [-0.2, 0) is 11.3 Å². The average molecular weight is 312 g/mol. The SMILES string of the molecule is OCC#Cc1ccccc1COC(C(F)(F)F)C(F)(F)F. The van der Waals surface area contributed by atoms with Crippen LogP contribution in [-0.4, -0.2) is 30.2 Å². The highest BCUT2D eigenvalue weighted by Crippen LogP contribution is 2.36. The molecule has 0 saturated heterocycles. The molecule has 0 spiro atoms. The molecule has 1 N–H and O–H groups in total. The molecule has 0 radical (unpaired) electrons. The predicted molar refractivity (Wildman–Crippen MR) is 61.1 cm³/mol. The Morgan fingerprint density at radius 1 is 1.05 bits per heavy atom. The fourth-order valence-corrected chi connectivity index (χ4v) is 1.45. The van der Waals surface area contributed by atoms with E-state index in [2.05, 4.69) is 16.6 Å². The van der Waals surface area contributed by atoms with Crippen molar-refractivity contribution in [3.8, 4) is 11.8 Å². The van der Waals surface area contributed by atoms with E-state index in [0.29, 0.717) is 0 Å². The van der Waals surface area contributed by atoms with Crippen molar-refractivity contribution in [1.29, 1.82) is 0 Å². The molecule has 0 saturated carbocycles. The lowest BCUT2D eigenvalue weighted by Crippen LogP contribution is -2.44.